The molecule has 80 valence electrons. The van der Waals surface area contributed by atoms with Gasteiger partial charge in [-0.1, -0.05) is 25.2 Å². The maximum Gasteiger partial charge on any atom is 0.146 e. The Balaban J connectivity index is 2.50. The highest BCUT2D eigenvalue weighted by atomic mass is 32.1. The van der Waals surface area contributed by atoms with Gasteiger partial charge in [0.2, 0.25) is 0 Å². The second-order valence-electron chi connectivity index (χ2n) is 3.45. The number of methoxy groups -OCH3 is 1. The SMILES string of the molecule is COC(C)c1nnc(CNC(C)C)s1. The Kier molecular flexibility index (Phi) is 4.44. The normalized spacial score (nSPS) is 13.5. The van der Waals surface area contributed by atoms with Gasteiger partial charge in [-0.15, -0.1) is 10.2 Å². The summed E-state index contributed by atoms with van der Waals surface area (Å²) >= 11 is 1.60. The first-order valence-corrected chi connectivity index (χ1v) is 5.53. The van der Waals surface area contributed by atoms with Crippen LogP contribution >= 0.6 is 11.3 Å². The van der Waals surface area contributed by atoms with Crippen LogP contribution in [0.4, 0.5) is 0 Å². The molecule has 0 radical (unpaired) electrons. The maximum absolute atomic E-state index is 5.16. The van der Waals surface area contributed by atoms with E-state index < -0.39 is 0 Å². The van der Waals surface area contributed by atoms with Crippen molar-refractivity contribution < 1.29 is 4.74 Å². The Labute approximate surface area is 88.7 Å². The van der Waals surface area contributed by atoms with E-state index in [1.165, 1.54) is 0 Å². The molecule has 1 aromatic heterocycles. The van der Waals surface area contributed by atoms with E-state index in [0.717, 1.165) is 16.6 Å². The smallest absolute Gasteiger partial charge is 0.146 e. The summed E-state index contributed by atoms with van der Waals surface area (Å²) in [5.74, 6) is 0. The highest BCUT2D eigenvalue weighted by Gasteiger charge is 2.10. The number of hydrogen-bond donors (Lipinski definition) is 1. The van der Waals surface area contributed by atoms with E-state index in [2.05, 4.69) is 29.4 Å². The molecular weight excluding hydrogens is 198 g/mol. The van der Waals surface area contributed by atoms with Crippen molar-refractivity contribution in [2.24, 2.45) is 0 Å². The molecule has 1 heterocycles. The van der Waals surface area contributed by atoms with Crippen molar-refractivity contribution in [3.63, 3.8) is 0 Å². The fourth-order valence-electron chi connectivity index (χ4n) is 0.895. The van der Waals surface area contributed by atoms with Crippen LogP contribution in [0.5, 0.6) is 0 Å². The standard InChI is InChI=1S/C9H17N3OS/c1-6(2)10-5-8-11-12-9(14-8)7(3)13-4/h6-7,10H,5H2,1-4H3. The van der Waals surface area contributed by atoms with E-state index in [0.29, 0.717) is 6.04 Å². The Morgan fingerprint density at radius 3 is 2.64 bits per heavy atom. The van der Waals surface area contributed by atoms with E-state index in [1.54, 1.807) is 18.4 Å². The van der Waals surface area contributed by atoms with Crippen molar-refractivity contribution in [1.29, 1.82) is 0 Å². The van der Waals surface area contributed by atoms with Crippen LogP contribution in [0.3, 0.4) is 0 Å². The molecule has 0 amide bonds. The summed E-state index contributed by atoms with van der Waals surface area (Å²) in [5, 5.41) is 13.4. The quantitative estimate of drug-likeness (QED) is 0.812. The fourth-order valence-corrected chi connectivity index (χ4v) is 1.72. The number of nitrogens with zero attached hydrogens (tertiary/aromatic N) is 2. The summed E-state index contributed by atoms with van der Waals surface area (Å²) in [5.41, 5.74) is 0. The number of ether oxygens (including phenoxy) is 1. The molecule has 1 rings (SSSR count). The second kappa shape index (κ2) is 5.38. The van der Waals surface area contributed by atoms with Crippen LogP contribution in [-0.4, -0.2) is 23.3 Å². The Morgan fingerprint density at radius 1 is 1.36 bits per heavy atom. The first-order chi connectivity index (χ1) is 6.63. The third kappa shape index (κ3) is 3.32. The zero-order valence-corrected chi connectivity index (χ0v) is 9.89. The minimum atomic E-state index is 0.0419. The van der Waals surface area contributed by atoms with Gasteiger partial charge in [0, 0.05) is 19.7 Å². The van der Waals surface area contributed by atoms with Crippen LogP contribution in [0.15, 0.2) is 0 Å². The molecule has 0 bridgehead atoms. The van der Waals surface area contributed by atoms with Crippen molar-refractivity contribution >= 4 is 11.3 Å². The van der Waals surface area contributed by atoms with E-state index in [1.807, 2.05) is 6.92 Å². The summed E-state index contributed by atoms with van der Waals surface area (Å²) in [6.45, 7) is 6.98. The van der Waals surface area contributed by atoms with Gasteiger partial charge in [-0.3, -0.25) is 0 Å². The predicted molar refractivity (Wildman–Crippen MR) is 57.3 cm³/mol. The molecule has 14 heavy (non-hydrogen) atoms. The van der Waals surface area contributed by atoms with Gasteiger partial charge in [0.1, 0.15) is 16.1 Å². The zero-order chi connectivity index (χ0) is 10.6. The molecule has 5 heteroatoms. The summed E-state index contributed by atoms with van der Waals surface area (Å²) in [6, 6.07) is 0.474. The van der Waals surface area contributed by atoms with Gasteiger partial charge in [-0.05, 0) is 6.92 Å². The molecule has 0 aliphatic heterocycles. The highest BCUT2D eigenvalue weighted by molar-refractivity contribution is 7.11. The second-order valence-corrected chi connectivity index (χ2v) is 4.54. The Hall–Kier alpha value is -0.520. The Bertz CT molecular complexity index is 275. The molecule has 1 unspecified atom stereocenters. The summed E-state index contributed by atoms with van der Waals surface area (Å²) in [6.07, 6.45) is 0.0419. The topological polar surface area (TPSA) is 47.0 Å². The summed E-state index contributed by atoms with van der Waals surface area (Å²) in [4.78, 5) is 0. The third-order valence-corrected chi connectivity index (χ3v) is 2.93. The lowest BCUT2D eigenvalue weighted by Crippen LogP contribution is -2.21. The Morgan fingerprint density at radius 2 is 2.07 bits per heavy atom. The van der Waals surface area contributed by atoms with Crippen molar-refractivity contribution in [3.8, 4) is 0 Å². The summed E-state index contributed by atoms with van der Waals surface area (Å²) < 4.78 is 5.16. The van der Waals surface area contributed by atoms with Crippen molar-refractivity contribution in [2.75, 3.05) is 7.11 Å². The van der Waals surface area contributed by atoms with Gasteiger partial charge in [-0.25, -0.2) is 0 Å². The van der Waals surface area contributed by atoms with Gasteiger partial charge < -0.3 is 10.1 Å². The molecule has 1 N–H and O–H groups in total. The molecule has 0 aromatic carbocycles. The van der Waals surface area contributed by atoms with Crippen molar-refractivity contribution in [2.45, 2.75) is 39.5 Å². The van der Waals surface area contributed by atoms with Crippen molar-refractivity contribution in [1.82, 2.24) is 15.5 Å². The number of nitrogens with one attached hydrogen (secondary N) is 1. The van der Waals surface area contributed by atoms with Crippen LogP contribution < -0.4 is 5.32 Å². The van der Waals surface area contributed by atoms with Gasteiger partial charge in [0.05, 0.1) is 0 Å². The van der Waals surface area contributed by atoms with Gasteiger partial charge in [-0.2, -0.15) is 0 Å². The lowest BCUT2D eigenvalue weighted by Gasteiger charge is -2.04. The van der Waals surface area contributed by atoms with Crippen LogP contribution in [-0.2, 0) is 11.3 Å². The van der Waals surface area contributed by atoms with Crippen LogP contribution in [0.25, 0.3) is 0 Å². The van der Waals surface area contributed by atoms with E-state index in [-0.39, 0.29) is 6.10 Å². The predicted octanol–water partition coefficient (Wildman–Crippen LogP) is 1.74. The molecule has 0 saturated carbocycles. The van der Waals surface area contributed by atoms with Crippen molar-refractivity contribution in [3.05, 3.63) is 10.0 Å². The first kappa shape index (κ1) is 11.6. The first-order valence-electron chi connectivity index (χ1n) is 4.72. The third-order valence-electron chi connectivity index (χ3n) is 1.85. The molecule has 0 aliphatic carbocycles. The van der Waals surface area contributed by atoms with Crippen LogP contribution in [0.2, 0.25) is 0 Å². The monoisotopic (exact) mass is 215 g/mol. The van der Waals surface area contributed by atoms with E-state index in [4.69, 9.17) is 4.74 Å². The molecule has 0 spiro atoms. The maximum atomic E-state index is 5.16. The highest BCUT2D eigenvalue weighted by Crippen LogP contribution is 2.19. The lowest BCUT2D eigenvalue weighted by atomic mass is 10.4. The van der Waals surface area contributed by atoms with Crippen LogP contribution in [0.1, 0.15) is 36.9 Å². The van der Waals surface area contributed by atoms with Gasteiger partial charge in [0.25, 0.3) is 0 Å². The molecule has 0 fully saturated rings. The average molecular weight is 215 g/mol. The number of rotatable bonds is 5. The largest absolute Gasteiger partial charge is 0.374 e. The molecule has 1 atom stereocenters. The zero-order valence-electron chi connectivity index (χ0n) is 9.07. The molecule has 4 nitrogen and oxygen atoms in total. The number of hydrogen-bond acceptors (Lipinski definition) is 5. The lowest BCUT2D eigenvalue weighted by molar-refractivity contribution is 0.118. The molecule has 1 aromatic rings. The van der Waals surface area contributed by atoms with Gasteiger partial charge in [0.15, 0.2) is 0 Å². The number of aromatic nitrogens is 2. The minimum absolute atomic E-state index is 0.0419. The van der Waals surface area contributed by atoms with E-state index >= 15 is 0 Å². The fraction of sp³-hybridized carbons (Fsp3) is 0.778. The molecular formula is C9H17N3OS. The van der Waals surface area contributed by atoms with E-state index in [9.17, 15) is 0 Å². The average Bonchev–Trinajstić information content (AvgIpc) is 2.62. The molecule has 0 saturated heterocycles. The summed E-state index contributed by atoms with van der Waals surface area (Å²) in [7, 11) is 1.68. The molecule has 0 aliphatic rings. The van der Waals surface area contributed by atoms with Crippen LogP contribution in [0, 0.1) is 0 Å². The minimum Gasteiger partial charge on any atom is -0.374 e. The van der Waals surface area contributed by atoms with Gasteiger partial charge >= 0.3 is 0 Å².